The molecule has 3 aliphatic heterocycles. The van der Waals surface area contributed by atoms with Gasteiger partial charge in [0.05, 0.1) is 47.0 Å². The predicted octanol–water partition coefficient (Wildman–Crippen LogP) is 0.484. The highest BCUT2D eigenvalue weighted by atomic mass is 19.3. The Labute approximate surface area is 256 Å². The lowest BCUT2D eigenvalue weighted by atomic mass is 9.65. The zero-order chi connectivity index (χ0) is 32.2. The molecule has 15 heteroatoms. The number of alkyl halides is 2. The van der Waals surface area contributed by atoms with Crippen molar-refractivity contribution in [1.82, 2.24) is 5.32 Å². The second-order valence-corrected chi connectivity index (χ2v) is 11.5. The summed E-state index contributed by atoms with van der Waals surface area (Å²) >= 11 is 0. The lowest BCUT2D eigenvalue weighted by Gasteiger charge is -2.44. The Balaban J connectivity index is 1.40. The van der Waals surface area contributed by atoms with E-state index in [9.17, 15) is 25.2 Å². The second kappa shape index (κ2) is 12.0. The fourth-order valence-corrected chi connectivity index (χ4v) is 6.90. The van der Waals surface area contributed by atoms with Gasteiger partial charge < -0.3 is 58.9 Å². The molecule has 0 bridgehead atoms. The van der Waals surface area contributed by atoms with Crippen LogP contribution in [0.3, 0.4) is 0 Å². The Morgan fingerprint density at radius 2 is 1.56 bits per heavy atom. The summed E-state index contributed by atoms with van der Waals surface area (Å²) in [5, 5.41) is 42.9. The van der Waals surface area contributed by atoms with E-state index in [1.807, 2.05) is 0 Å². The van der Waals surface area contributed by atoms with Crippen molar-refractivity contribution in [1.29, 1.82) is 0 Å². The van der Waals surface area contributed by atoms with Crippen LogP contribution in [0.2, 0.25) is 0 Å². The van der Waals surface area contributed by atoms with Crippen LogP contribution >= 0.6 is 0 Å². The van der Waals surface area contributed by atoms with Crippen LogP contribution in [0.1, 0.15) is 28.7 Å². The largest absolute Gasteiger partial charge is 0.493 e. The normalized spacial score (nSPS) is 32.0. The molecule has 2 fully saturated rings. The third-order valence-electron chi connectivity index (χ3n) is 9.10. The molecular weight excluding hydrogens is 604 g/mol. The van der Waals surface area contributed by atoms with E-state index in [-0.39, 0.29) is 13.4 Å². The monoisotopic (exact) mass is 639 g/mol. The number of ether oxygens (including phenoxy) is 7. The maximum Gasteiger partial charge on any atom is 0.310 e. The van der Waals surface area contributed by atoms with Gasteiger partial charge in [-0.15, -0.1) is 0 Å². The molecule has 0 saturated carbocycles. The summed E-state index contributed by atoms with van der Waals surface area (Å²) in [5.74, 6) is -4.51. The van der Waals surface area contributed by atoms with Crippen molar-refractivity contribution in [3.05, 3.63) is 41.0 Å². The minimum absolute atomic E-state index is 0.0464. The minimum Gasteiger partial charge on any atom is -0.493 e. The average molecular weight is 640 g/mol. The van der Waals surface area contributed by atoms with E-state index < -0.39 is 79.4 Å². The van der Waals surface area contributed by atoms with Gasteiger partial charge in [-0.1, -0.05) is 0 Å². The van der Waals surface area contributed by atoms with Crippen LogP contribution in [0.4, 0.5) is 8.78 Å². The van der Waals surface area contributed by atoms with Gasteiger partial charge in [0, 0.05) is 17.9 Å². The summed E-state index contributed by atoms with van der Waals surface area (Å²) < 4.78 is 70.0. The second-order valence-electron chi connectivity index (χ2n) is 11.5. The fraction of sp³-hybridized carbons (Fsp3) is 0.567. The summed E-state index contributed by atoms with van der Waals surface area (Å²) in [5.41, 5.74) is 1.79. The number of esters is 1. The Bertz CT molecular complexity index is 1410. The van der Waals surface area contributed by atoms with Crippen LogP contribution in [0, 0.1) is 11.8 Å². The number of cyclic esters (lactones) is 1. The van der Waals surface area contributed by atoms with E-state index in [2.05, 4.69) is 5.32 Å². The highest BCUT2D eigenvalue weighted by molar-refractivity contribution is 5.79. The van der Waals surface area contributed by atoms with Crippen LogP contribution in [0.5, 0.6) is 28.7 Å². The van der Waals surface area contributed by atoms with Gasteiger partial charge in [0.15, 0.2) is 29.1 Å². The minimum atomic E-state index is -3.79. The molecule has 0 unspecified atom stereocenters. The number of benzene rings is 2. The number of carbonyl (C=O) groups is 1. The first-order chi connectivity index (χ1) is 21.5. The molecule has 3 heterocycles. The first-order valence-corrected chi connectivity index (χ1v) is 14.4. The number of nitrogens with one attached hydrogen (secondary N) is 1. The van der Waals surface area contributed by atoms with Gasteiger partial charge in [0.25, 0.3) is 5.92 Å². The first-order valence-electron chi connectivity index (χ1n) is 14.4. The van der Waals surface area contributed by atoms with E-state index >= 15 is 8.78 Å². The van der Waals surface area contributed by atoms with Crippen molar-refractivity contribution in [2.45, 2.75) is 48.4 Å². The zero-order valence-corrected chi connectivity index (χ0v) is 24.6. The molecule has 5 N–H and O–H groups in total. The van der Waals surface area contributed by atoms with Crippen molar-refractivity contribution in [2.24, 2.45) is 11.8 Å². The maximum atomic E-state index is 15.7. The van der Waals surface area contributed by atoms with Gasteiger partial charge >= 0.3 is 5.97 Å². The predicted molar refractivity (Wildman–Crippen MR) is 148 cm³/mol. The Hall–Kier alpha value is -3.47. The fourth-order valence-electron chi connectivity index (χ4n) is 6.90. The van der Waals surface area contributed by atoms with Crippen LogP contribution < -0.4 is 29.0 Å². The van der Waals surface area contributed by atoms with Crippen molar-refractivity contribution >= 4 is 5.97 Å². The van der Waals surface area contributed by atoms with Crippen molar-refractivity contribution < 1.29 is 67.2 Å². The SMILES string of the molecule is COc1cc([C@@H]2c3cc4c(cc3[C@@H](NCC(F)(F)[C@@H]3O[C@H](CO)[C@@H](O)[C@H](O)[C@H]3O)[C@H]3COC(=O)[C@H]23)OCO4)cc(OC)c1OC. The Morgan fingerprint density at radius 1 is 0.911 bits per heavy atom. The van der Waals surface area contributed by atoms with Gasteiger partial charge in [0.1, 0.15) is 24.4 Å². The van der Waals surface area contributed by atoms with Crippen molar-refractivity contribution in [2.75, 3.05) is 47.9 Å². The molecular formula is C30H35F2NO12. The number of hydrogen-bond acceptors (Lipinski definition) is 13. The number of rotatable bonds is 9. The Kier molecular flexibility index (Phi) is 8.43. The molecule has 9 atom stereocenters. The molecule has 4 aliphatic rings. The van der Waals surface area contributed by atoms with Gasteiger partial charge in [-0.05, 0) is 41.0 Å². The third-order valence-corrected chi connectivity index (χ3v) is 9.10. The topological polar surface area (TPSA) is 175 Å². The number of aliphatic hydroxyl groups is 4. The van der Waals surface area contributed by atoms with Crippen molar-refractivity contribution in [3.8, 4) is 28.7 Å². The summed E-state index contributed by atoms with van der Waals surface area (Å²) in [7, 11) is 4.41. The van der Waals surface area contributed by atoms with Crippen molar-refractivity contribution in [3.63, 3.8) is 0 Å². The smallest absolute Gasteiger partial charge is 0.310 e. The molecule has 6 rings (SSSR count). The Morgan fingerprint density at radius 3 is 2.16 bits per heavy atom. The van der Waals surface area contributed by atoms with E-state index in [0.29, 0.717) is 45.4 Å². The van der Waals surface area contributed by atoms with Crippen LogP contribution in [-0.2, 0) is 14.3 Å². The molecule has 0 radical (unpaired) electrons. The highest BCUT2D eigenvalue weighted by Gasteiger charge is 2.56. The number of carbonyl (C=O) groups excluding carboxylic acids is 1. The van der Waals surface area contributed by atoms with Gasteiger partial charge in [-0.2, -0.15) is 0 Å². The lowest BCUT2D eigenvalue weighted by molar-refractivity contribution is -0.279. The molecule has 13 nitrogen and oxygen atoms in total. The van der Waals surface area contributed by atoms with E-state index in [0.717, 1.165) is 0 Å². The molecule has 0 spiro atoms. The zero-order valence-electron chi connectivity index (χ0n) is 24.6. The quantitative estimate of drug-likeness (QED) is 0.240. The van der Waals surface area contributed by atoms with E-state index in [1.54, 1.807) is 24.3 Å². The molecule has 45 heavy (non-hydrogen) atoms. The summed E-state index contributed by atoms with van der Waals surface area (Å²) in [6, 6.07) is 6.00. The van der Waals surface area contributed by atoms with Crippen LogP contribution in [-0.4, -0.2) is 111 Å². The number of fused-ring (bicyclic) bond motifs is 3. The number of hydrogen-bond donors (Lipinski definition) is 5. The van der Waals surface area contributed by atoms with Gasteiger partial charge in [-0.25, -0.2) is 8.78 Å². The molecule has 2 aromatic carbocycles. The maximum absolute atomic E-state index is 15.7. The molecule has 2 saturated heterocycles. The number of methoxy groups -OCH3 is 3. The highest BCUT2D eigenvalue weighted by Crippen LogP contribution is 2.55. The molecule has 0 aromatic heterocycles. The summed E-state index contributed by atoms with van der Waals surface area (Å²) in [6.07, 6.45) is -9.63. The molecule has 246 valence electrons. The average Bonchev–Trinajstić information content (AvgIpc) is 3.66. The molecule has 2 aromatic rings. The van der Waals surface area contributed by atoms with Gasteiger partial charge in [-0.3, -0.25) is 4.79 Å². The third kappa shape index (κ3) is 5.20. The standard InChI is InChI=1S/C30H35F2NO12/c1-39-18-4-12(5-19(40-2)27(18)41-3)21-13-6-16-17(44-11-43-16)7-14(13)23(15-9-42-29(38)22(15)21)33-10-30(31,32)28-26(37)25(36)24(35)20(8-34)45-28/h4-7,15,20-26,28,33-37H,8-11H2,1-3H3/t15-,20+,21+,22-,23+,24+,25-,26+,28+/m0/s1. The summed E-state index contributed by atoms with van der Waals surface area (Å²) in [4.78, 5) is 13.4. The molecule has 0 amide bonds. The lowest BCUT2D eigenvalue weighted by Crippen LogP contribution is -2.64. The van der Waals surface area contributed by atoms with Crippen LogP contribution in [0.25, 0.3) is 0 Å². The first kappa shape index (κ1) is 31.5. The number of aliphatic hydroxyl groups excluding tert-OH is 4. The molecule has 1 aliphatic carbocycles. The van der Waals surface area contributed by atoms with Crippen LogP contribution in [0.15, 0.2) is 24.3 Å². The summed E-state index contributed by atoms with van der Waals surface area (Å²) in [6.45, 7) is -2.02. The number of halogens is 2. The van der Waals surface area contributed by atoms with Gasteiger partial charge in [0.2, 0.25) is 12.5 Å². The van der Waals surface area contributed by atoms with E-state index in [4.69, 9.17) is 33.2 Å². The van der Waals surface area contributed by atoms with E-state index in [1.165, 1.54) is 21.3 Å².